The molecule has 0 aliphatic heterocycles. The summed E-state index contributed by atoms with van der Waals surface area (Å²) in [7, 11) is 0. The van der Waals surface area contributed by atoms with Crippen molar-refractivity contribution >= 4 is 17.3 Å². The normalized spacial score (nSPS) is 18.1. The molecule has 4 nitrogen and oxygen atoms in total. The zero-order valence-electron chi connectivity index (χ0n) is 7.51. The lowest BCUT2D eigenvalue weighted by Gasteiger charge is -2.06. The highest BCUT2D eigenvalue weighted by atomic mass is 32.1. The van der Waals surface area contributed by atoms with Gasteiger partial charge < -0.3 is 10.2 Å². The smallest absolute Gasteiger partial charge is 0.306 e. The van der Waals surface area contributed by atoms with Crippen LogP contribution in [-0.2, 0) is 4.79 Å². The second-order valence-electron chi connectivity index (χ2n) is 3.49. The van der Waals surface area contributed by atoms with E-state index >= 15 is 0 Å². The van der Waals surface area contributed by atoms with Crippen LogP contribution in [0.3, 0.4) is 0 Å². The molecule has 1 fully saturated rings. The van der Waals surface area contributed by atoms with Crippen molar-refractivity contribution in [2.45, 2.75) is 31.3 Å². The van der Waals surface area contributed by atoms with Crippen LogP contribution in [0, 0.1) is 0 Å². The first kappa shape index (κ1) is 9.61. The number of aliphatic hydroxyl groups excluding tert-OH is 1. The van der Waals surface area contributed by atoms with Gasteiger partial charge in [-0.1, -0.05) is 0 Å². The number of rotatable bonds is 4. The Bertz CT molecular complexity index is 346. The first-order chi connectivity index (χ1) is 6.68. The van der Waals surface area contributed by atoms with Gasteiger partial charge in [-0.15, -0.1) is 11.3 Å². The topological polar surface area (TPSA) is 70.4 Å². The molecule has 1 unspecified atom stereocenters. The Morgan fingerprint density at radius 1 is 1.71 bits per heavy atom. The van der Waals surface area contributed by atoms with Crippen molar-refractivity contribution in [2.24, 2.45) is 0 Å². The second-order valence-corrected chi connectivity index (χ2v) is 4.38. The van der Waals surface area contributed by atoms with E-state index in [1.54, 1.807) is 5.51 Å². The van der Waals surface area contributed by atoms with Gasteiger partial charge in [0, 0.05) is 5.92 Å². The van der Waals surface area contributed by atoms with E-state index in [-0.39, 0.29) is 6.42 Å². The molecule has 0 spiro atoms. The monoisotopic (exact) mass is 213 g/mol. The first-order valence-corrected chi connectivity index (χ1v) is 5.39. The van der Waals surface area contributed by atoms with E-state index in [9.17, 15) is 9.90 Å². The molecule has 5 heteroatoms. The average molecular weight is 213 g/mol. The third kappa shape index (κ3) is 1.93. The van der Waals surface area contributed by atoms with E-state index < -0.39 is 12.1 Å². The fourth-order valence-electron chi connectivity index (χ4n) is 1.43. The number of carboxylic acid groups (broad SMARTS) is 1. The van der Waals surface area contributed by atoms with Gasteiger partial charge in [-0.2, -0.15) is 0 Å². The summed E-state index contributed by atoms with van der Waals surface area (Å²) in [6.07, 6.45) is 1.09. The Labute approximate surface area is 85.2 Å². The standard InChI is InChI=1S/C9H11NO3S/c11-6(3-7(12)13)9-8(5-1-2-5)10-4-14-9/h4-6,11H,1-3H2,(H,12,13). The largest absolute Gasteiger partial charge is 0.481 e. The van der Waals surface area contributed by atoms with Crippen molar-refractivity contribution < 1.29 is 15.0 Å². The lowest BCUT2D eigenvalue weighted by molar-refractivity contribution is -0.139. The molecule has 1 heterocycles. The van der Waals surface area contributed by atoms with Gasteiger partial charge >= 0.3 is 5.97 Å². The number of thiazole rings is 1. The van der Waals surface area contributed by atoms with E-state index in [0.717, 1.165) is 23.4 Å². The number of nitrogens with zero attached hydrogens (tertiary/aromatic N) is 1. The molecule has 0 amide bonds. The third-order valence-electron chi connectivity index (χ3n) is 2.26. The van der Waals surface area contributed by atoms with Gasteiger partial charge in [0.05, 0.1) is 22.5 Å². The first-order valence-electron chi connectivity index (χ1n) is 4.51. The molecule has 76 valence electrons. The molecule has 1 saturated carbocycles. The molecular formula is C9H11NO3S. The van der Waals surface area contributed by atoms with Crippen molar-refractivity contribution in [1.82, 2.24) is 4.98 Å². The lowest BCUT2D eigenvalue weighted by Crippen LogP contribution is -2.05. The number of aliphatic hydroxyl groups is 1. The maximum atomic E-state index is 10.4. The van der Waals surface area contributed by atoms with E-state index in [4.69, 9.17) is 5.11 Å². The molecule has 2 rings (SSSR count). The predicted octanol–water partition coefficient (Wildman–Crippen LogP) is 1.53. The lowest BCUT2D eigenvalue weighted by atomic mass is 10.1. The SMILES string of the molecule is O=C(O)CC(O)c1scnc1C1CC1. The Hall–Kier alpha value is -0.940. The highest BCUT2D eigenvalue weighted by Crippen LogP contribution is 2.43. The summed E-state index contributed by atoms with van der Waals surface area (Å²) in [6, 6.07) is 0. The van der Waals surface area contributed by atoms with Crippen LogP contribution in [-0.4, -0.2) is 21.2 Å². The Morgan fingerprint density at radius 3 is 3.00 bits per heavy atom. The Balaban J connectivity index is 2.13. The van der Waals surface area contributed by atoms with Crippen LogP contribution in [0.25, 0.3) is 0 Å². The van der Waals surface area contributed by atoms with Gasteiger partial charge in [0.1, 0.15) is 6.10 Å². The summed E-state index contributed by atoms with van der Waals surface area (Å²) < 4.78 is 0. The summed E-state index contributed by atoms with van der Waals surface area (Å²) in [5.74, 6) is -0.521. The quantitative estimate of drug-likeness (QED) is 0.795. The summed E-state index contributed by atoms with van der Waals surface area (Å²) in [4.78, 5) is 15.3. The molecule has 1 aromatic heterocycles. The molecule has 1 atom stereocenters. The van der Waals surface area contributed by atoms with Crippen LogP contribution in [0.5, 0.6) is 0 Å². The third-order valence-corrected chi connectivity index (χ3v) is 3.20. The maximum Gasteiger partial charge on any atom is 0.306 e. The minimum atomic E-state index is -0.979. The van der Waals surface area contributed by atoms with Crippen LogP contribution < -0.4 is 0 Å². The van der Waals surface area contributed by atoms with Crippen molar-refractivity contribution in [3.05, 3.63) is 16.1 Å². The van der Waals surface area contributed by atoms with E-state index in [1.807, 2.05) is 0 Å². The maximum absolute atomic E-state index is 10.4. The van der Waals surface area contributed by atoms with Crippen LogP contribution >= 0.6 is 11.3 Å². The highest BCUT2D eigenvalue weighted by Gasteiger charge is 2.30. The van der Waals surface area contributed by atoms with Gasteiger partial charge in [0.25, 0.3) is 0 Å². The zero-order chi connectivity index (χ0) is 10.1. The second kappa shape index (κ2) is 3.67. The number of carboxylic acids is 1. The molecule has 1 aromatic rings. The molecule has 0 aromatic carbocycles. The fourth-order valence-corrected chi connectivity index (χ4v) is 2.29. The van der Waals surface area contributed by atoms with Crippen molar-refractivity contribution in [2.75, 3.05) is 0 Å². The van der Waals surface area contributed by atoms with Gasteiger partial charge in [-0.05, 0) is 12.8 Å². The van der Waals surface area contributed by atoms with Crippen molar-refractivity contribution in [3.8, 4) is 0 Å². The van der Waals surface area contributed by atoms with Crippen LogP contribution in [0.1, 0.15) is 41.9 Å². The van der Waals surface area contributed by atoms with Crippen molar-refractivity contribution in [3.63, 3.8) is 0 Å². The van der Waals surface area contributed by atoms with E-state index in [2.05, 4.69) is 4.98 Å². The van der Waals surface area contributed by atoms with Crippen LogP contribution in [0.4, 0.5) is 0 Å². The van der Waals surface area contributed by atoms with Gasteiger partial charge in [0.2, 0.25) is 0 Å². The van der Waals surface area contributed by atoms with Gasteiger partial charge in [-0.3, -0.25) is 4.79 Å². The molecule has 0 saturated heterocycles. The van der Waals surface area contributed by atoms with E-state index in [1.165, 1.54) is 11.3 Å². The van der Waals surface area contributed by atoms with Gasteiger partial charge in [0.15, 0.2) is 0 Å². The Morgan fingerprint density at radius 2 is 2.43 bits per heavy atom. The molecule has 0 bridgehead atoms. The summed E-state index contributed by atoms with van der Waals surface area (Å²) in [6.45, 7) is 0. The number of aromatic nitrogens is 1. The minimum absolute atomic E-state index is 0.234. The molecule has 1 aliphatic rings. The highest BCUT2D eigenvalue weighted by molar-refractivity contribution is 7.09. The number of hydrogen-bond acceptors (Lipinski definition) is 4. The number of aliphatic carboxylic acids is 1. The number of hydrogen-bond donors (Lipinski definition) is 2. The molecule has 1 aliphatic carbocycles. The van der Waals surface area contributed by atoms with E-state index in [0.29, 0.717) is 5.92 Å². The van der Waals surface area contributed by atoms with Crippen LogP contribution in [0.2, 0.25) is 0 Å². The zero-order valence-corrected chi connectivity index (χ0v) is 8.33. The average Bonchev–Trinajstić information content (AvgIpc) is 2.82. The molecule has 2 N–H and O–H groups in total. The van der Waals surface area contributed by atoms with Crippen LogP contribution in [0.15, 0.2) is 5.51 Å². The minimum Gasteiger partial charge on any atom is -0.481 e. The number of carbonyl (C=O) groups is 1. The molecule has 0 radical (unpaired) electrons. The summed E-state index contributed by atoms with van der Waals surface area (Å²) in [5, 5.41) is 18.2. The van der Waals surface area contributed by atoms with Gasteiger partial charge in [-0.25, -0.2) is 4.98 Å². The van der Waals surface area contributed by atoms with Crippen molar-refractivity contribution in [1.29, 1.82) is 0 Å². The fraction of sp³-hybridized carbons (Fsp3) is 0.556. The summed E-state index contributed by atoms with van der Waals surface area (Å²) >= 11 is 1.34. The Kier molecular flexibility index (Phi) is 2.52. The molecular weight excluding hydrogens is 202 g/mol. The summed E-state index contributed by atoms with van der Waals surface area (Å²) in [5.41, 5.74) is 2.58. The predicted molar refractivity (Wildman–Crippen MR) is 51.3 cm³/mol. The molecule has 14 heavy (non-hydrogen) atoms.